The Hall–Kier alpha value is -4.46. The third kappa shape index (κ3) is 5.27. The molecule has 1 aliphatic rings. The van der Waals surface area contributed by atoms with Crippen molar-refractivity contribution in [1.29, 1.82) is 0 Å². The van der Waals surface area contributed by atoms with E-state index in [9.17, 15) is 9.59 Å². The van der Waals surface area contributed by atoms with Gasteiger partial charge in [-0.25, -0.2) is 4.79 Å². The summed E-state index contributed by atoms with van der Waals surface area (Å²) in [6.45, 7) is 1.67. The standard InChI is InChI=1S/C28H26O8/c1-17-10-20(34-16-26(29)35-15-18-8-6-5-7-9-18)13-24-27(17)28(30)25(36-24)12-19-11-22(32-3)23(33-4)14-21(19)31-2/h5-14H,15-16H2,1-4H3/b25-12-. The molecule has 0 spiro atoms. The van der Waals surface area contributed by atoms with Gasteiger partial charge in [0.25, 0.3) is 0 Å². The van der Waals surface area contributed by atoms with Gasteiger partial charge < -0.3 is 28.4 Å². The van der Waals surface area contributed by atoms with Crippen LogP contribution in [0.3, 0.4) is 0 Å². The third-order valence-electron chi connectivity index (χ3n) is 5.57. The fraction of sp³-hybridized carbons (Fsp3) is 0.214. The number of fused-ring (bicyclic) bond motifs is 1. The van der Waals surface area contributed by atoms with Crippen LogP contribution in [0.25, 0.3) is 6.08 Å². The summed E-state index contributed by atoms with van der Waals surface area (Å²) in [6, 6.07) is 16.0. The first-order valence-corrected chi connectivity index (χ1v) is 11.1. The summed E-state index contributed by atoms with van der Waals surface area (Å²) in [6.07, 6.45) is 1.59. The quantitative estimate of drug-likeness (QED) is 0.313. The number of aryl methyl sites for hydroxylation is 1. The molecular weight excluding hydrogens is 464 g/mol. The maximum absolute atomic E-state index is 13.1. The molecule has 0 unspecified atom stereocenters. The predicted octanol–water partition coefficient (Wildman–Crippen LogP) is 4.76. The number of hydrogen-bond donors (Lipinski definition) is 0. The van der Waals surface area contributed by atoms with E-state index in [1.54, 1.807) is 37.3 Å². The maximum Gasteiger partial charge on any atom is 0.344 e. The van der Waals surface area contributed by atoms with Crippen molar-refractivity contribution in [1.82, 2.24) is 0 Å². The van der Waals surface area contributed by atoms with E-state index in [4.69, 9.17) is 28.4 Å². The molecule has 0 bridgehead atoms. The number of rotatable bonds is 9. The van der Waals surface area contributed by atoms with Crippen LogP contribution >= 0.6 is 0 Å². The van der Waals surface area contributed by atoms with Crippen molar-refractivity contribution in [3.05, 3.63) is 82.6 Å². The molecule has 0 saturated carbocycles. The van der Waals surface area contributed by atoms with Crippen molar-refractivity contribution in [2.75, 3.05) is 27.9 Å². The van der Waals surface area contributed by atoms with Crippen LogP contribution in [0, 0.1) is 6.92 Å². The second-order valence-electron chi connectivity index (χ2n) is 7.94. The molecule has 0 N–H and O–H groups in total. The van der Waals surface area contributed by atoms with Gasteiger partial charge in [-0.2, -0.15) is 0 Å². The molecule has 0 aliphatic carbocycles. The molecule has 0 fully saturated rings. The van der Waals surface area contributed by atoms with Gasteiger partial charge in [0.2, 0.25) is 5.78 Å². The lowest BCUT2D eigenvalue weighted by molar-refractivity contribution is -0.147. The zero-order valence-corrected chi connectivity index (χ0v) is 20.5. The predicted molar refractivity (Wildman–Crippen MR) is 132 cm³/mol. The Labute approximate surface area is 209 Å². The molecule has 1 heterocycles. The van der Waals surface area contributed by atoms with Crippen LogP contribution in [0.4, 0.5) is 0 Å². The van der Waals surface area contributed by atoms with Gasteiger partial charge in [0.1, 0.15) is 23.9 Å². The molecule has 0 aromatic heterocycles. The lowest BCUT2D eigenvalue weighted by atomic mass is 10.0. The van der Waals surface area contributed by atoms with Crippen LogP contribution in [-0.2, 0) is 16.1 Å². The normalized spacial score (nSPS) is 13.1. The first-order chi connectivity index (χ1) is 17.4. The number of ketones is 1. The molecule has 3 aromatic rings. The Morgan fingerprint density at radius 2 is 1.61 bits per heavy atom. The minimum Gasteiger partial charge on any atom is -0.496 e. The Morgan fingerprint density at radius 3 is 2.31 bits per heavy atom. The number of allylic oxidation sites excluding steroid dienone is 1. The summed E-state index contributed by atoms with van der Waals surface area (Å²) in [5.41, 5.74) is 2.56. The average Bonchev–Trinajstić information content (AvgIpc) is 3.21. The zero-order valence-electron chi connectivity index (χ0n) is 20.5. The Morgan fingerprint density at radius 1 is 0.917 bits per heavy atom. The molecule has 0 radical (unpaired) electrons. The van der Waals surface area contributed by atoms with Crippen LogP contribution in [-0.4, -0.2) is 39.7 Å². The van der Waals surface area contributed by atoms with Crippen molar-refractivity contribution >= 4 is 17.8 Å². The molecule has 8 heteroatoms. The zero-order chi connectivity index (χ0) is 25.7. The summed E-state index contributed by atoms with van der Waals surface area (Å²) in [5, 5.41) is 0. The van der Waals surface area contributed by atoms with Crippen molar-refractivity contribution in [3.8, 4) is 28.7 Å². The summed E-state index contributed by atoms with van der Waals surface area (Å²) in [4.78, 5) is 25.2. The smallest absolute Gasteiger partial charge is 0.344 e. The van der Waals surface area contributed by atoms with E-state index in [0.29, 0.717) is 45.4 Å². The van der Waals surface area contributed by atoms with Crippen LogP contribution in [0.2, 0.25) is 0 Å². The monoisotopic (exact) mass is 490 g/mol. The number of hydrogen-bond acceptors (Lipinski definition) is 8. The lowest BCUT2D eigenvalue weighted by Gasteiger charge is -2.12. The molecular formula is C28H26O8. The van der Waals surface area contributed by atoms with E-state index >= 15 is 0 Å². The molecule has 0 atom stereocenters. The lowest BCUT2D eigenvalue weighted by Crippen LogP contribution is -2.14. The second kappa shape index (κ2) is 10.9. The van der Waals surface area contributed by atoms with E-state index in [1.165, 1.54) is 21.3 Å². The number of Topliss-reactive ketones (excluding diaryl/α,β-unsaturated/α-hetero) is 1. The van der Waals surface area contributed by atoms with Crippen molar-refractivity contribution in [2.45, 2.75) is 13.5 Å². The van der Waals surface area contributed by atoms with E-state index in [1.807, 2.05) is 30.3 Å². The summed E-state index contributed by atoms with van der Waals surface area (Å²) in [5.74, 6) is 1.56. The maximum atomic E-state index is 13.1. The van der Waals surface area contributed by atoms with Crippen LogP contribution in [0.1, 0.15) is 27.0 Å². The second-order valence-corrected chi connectivity index (χ2v) is 7.94. The first kappa shape index (κ1) is 24.7. The highest BCUT2D eigenvalue weighted by Gasteiger charge is 2.30. The molecule has 0 saturated heterocycles. The molecule has 36 heavy (non-hydrogen) atoms. The van der Waals surface area contributed by atoms with Gasteiger partial charge in [-0.3, -0.25) is 4.79 Å². The number of carbonyl (C=O) groups is 2. The van der Waals surface area contributed by atoms with Crippen molar-refractivity contribution in [2.24, 2.45) is 0 Å². The number of ether oxygens (including phenoxy) is 6. The topological polar surface area (TPSA) is 89.5 Å². The molecule has 3 aromatic carbocycles. The van der Waals surface area contributed by atoms with E-state index in [0.717, 1.165) is 5.56 Å². The average molecular weight is 491 g/mol. The van der Waals surface area contributed by atoms with Gasteiger partial charge in [0, 0.05) is 17.7 Å². The van der Waals surface area contributed by atoms with Gasteiger partial charge in [-0.15, -0.1) is 0 Å². The number of esters is 1. The highest BCUT2D eigenvalue weighted by atomic mass is 16.6. The van der Waals surface area contributed by atoms with Gasteiger partial charge in [-0.05, 0) is 36.3 Å². The number of benzene rings is 3. The molecule has 0 amide bonds. The molecule has 4 rings (SSSR count). The third-order valence-corrected chi connectivity index (χ3v) is 5.57. The first-order valence-electron chi connectivity index (χ1n) is 11.1. The number of methoxy groups -OCH3 is 3. The summed E-state index contributed by atoms with van der Waals surface area (Å²) >= 11 is 0. The highest BCUT2D eigenvalue weighted by molar-refractivity contribution is 6.15. The molecule has 1 aliphatic heterocycles. The van der Waals surface area contributed by atoms with Gasteiger partial charge in [0.15, 0.2) is 23.9 Å². The van der Waals surface area contributed by atoms with Gasteiger partial charge >= 0.3 is 5.97 Å². The van der Waals surface area contributed by atoms with Crippen LogP contribution < -0.4 is 23.7 Å². The summed E-state index contributed by atoms with van der Waals surface area (Å²) < 4.78 is 32.8. The van der Waals surface area contributed by atoms with Crippen LogP contribution in [0.5, 0.6) is 28.7 Å². The Balaban J connectivity index is 1.49. The largest absolute Gasteiger partial charge is 0.496 e. The van der Waals surface area contributed by atoms with Crippen molar-refractivity contribution < 1.29 is 38.0 Å². The minimum atomic E-state index is -0.505. The molecule has 8 nitrogen and oxygen atoms in total. The van der Waals surface area contributed by atoms with Gasteiger partial charge in [0.05, 0.1) is 26.9 Å². The highest BCUT2D eigenvalue weighted by Crippen LogP contribution is 2.40. The summed E-state index contributed by atoms with van der Waals surface area (Å²) in [7, 11) is 4.58. The fourth-order valence-corrected chi connectivity index (χ4v) is 3.79. The Bertz CT molecular complexity index is 1310. The minimum absolute atomic E-state index is 0.123. The SMILES string of the molecule is COc1cc(OC)c(OC)cc1/C=C1\Oc2cc(OCC(=O)OCc3ccccc3)cc(C)c2C1=O. The van der Waals surface area contributed by atoms with E-state index in [2.05, 4.69) is 0 Å². The van der Waals surface area contributed by atoms with Crippen molar-refractivity contribution in [3.63, 3.8) is 0 Å². The number of carbonyl (C=O) groups excluding carboxylic acids is 2. The molecule has 186 valence electrons. The van der Waals surface area contributed by atoms with Gasteiger partial charge in [-0.1, -0.05) is 30.3 Å². The van der Waals surface area contributed by atoms with E-state index in [-0.39, 0.29) is 24.8 Å². The Kier molecular flexibility index (Phi) is 7.44. The van der Waals surface area contributed by atoms with E-state index < -0.39 is 5.97 Å². The fourth-order valence-electron chi connectivity index (χ4n) is 3.79. The van der Waals surface area contributed by atoms with Crippen LogP contribution in [0.15, 0.2) is 60.4 Å².